The summed E-state index contributed by atoms with van der Waals surface area (Å²) in [6, 6.07) is 7.12. The minimum absolute atomic E-state index is 0.00898. The zero-order valence-corrected chi connectivity index (χ0v) is 20.2. The third kappa shape index (κ3) is 3.91. The summed E-state index contributed by atoms with van der Waals surface area (Å²) in [5.74, 6) is 0.138. The summed E-state index contributed by atoms with van der Waals surface area (Å²) in [7, 11) is 0. The largest absolute Gasteiger partial charge is 0.396 e. The fourth-order valence-corrected chi connectivity index (χ4v) is 7.04. The fraction of sp³-hybridized carbons (Fsp3) is 0.462. The number of nitrogens with zero attached hydrogens (tertiary/aromatic N) is 4. The topological polar surface area (TPSA) is 100 Å². The van der Waals surface area contributed by atoms with Crippen LogP contribution in [0.15, 0.2) is 53.0 Å². The lowest BCUT2D eigenvalue weighted by molar-refractivity contribution is -0.122. The van der Waals surface area contributed by atoms with Crippen LogP contribution in [0.5, 0.6) is 0 Å². The second kappa shape index (κ2) is 9.29. The van der Waals surface area contributed by atoms with Crippen LogP contribution in [0.2, 0.25) is 0 Å². The number of aliphatic hydroxyl groups excluding tert-OH is 1. The molecule has 1 saturated heterocycles. The molecule has 0 aromatic carbocycles. The molecule has 0 spiro atoms. The molecule has 1 saturated carbocycles. The first-order chi connectivity index (χ1) is 17.2. The van der Waals surface area contributed by atoms with E-state index in [1.165, 1.54) is 24.2 Å². The smallest absolute Gasteiger partial charge is 0.258 e. The van der Waals surface area contributed by atoms with E-state index in [2.05, 4.69) is 20.2 Å². The number of thiazole rings is 1. The van der Waals surface area contributed by atoms with Gasteiger partial charge >= 0.3 is 0 Å². The molecule has 2 fully saturated rings. The van der Waals surface area contributed by atoms with Crippen molar-refractivity contribution >= 4 is 22.4 Å². The Morgan fingerprint density at radius 1 is 1.20 bits per heavy atom. The molecule has 182 valence electrons. The van der Waals surface area contributed by atoms with Gasteiger partial charge in [-0.25, -0.2) is 4.98 Å². The molecule has 9 heteroatoms. The van der Waals surface area contributed by atoms with Gasteiger partial charge in [-0.05, 0) is 37.0 Å². The van der Waals surface area contributed by atoms with Crippen molar-refractivity contribution in [2.24, 2.45) is 17.8 Å². The normalized spacial score (nSPS) is 26.1. The number of pyridine rings is 2. The molecule has 8 nitrogen and oxygen atoms in total. The van der Waals surface area contributed by atoms with Gasteiger partial charge in [-0.15, -0.1) is 11.3 Å². The van der Waals surface area contributed by atoms with E-state index >= 15 is 0 Å². The molecule has 1 aliphatic carbocycles. The van der Waals surface area contributed by atoms with Crippen molar-refractivity contribution in [3.63, 3.8) is 0 Å². The van der Waals surface area contributed by atoms with E-state index in [1.807, 2.05) is 34.2 Å². The molecule has 1 amide bonds. The van der Waals surface area contributed by atoms with Crippen molar-refractivity contribution in [1.82, 2.24) is 19.4 Å². The van der Waals surface area contributed by atoms with Crippen LogP contribution in [-0.4, -0.2) is 49.6 Å². The molecule has 0 unspecified atom stereocenters. The number of carbonyl (C=O) groups excluding carboxylic acids is 1. The van der Waals surface area contributed by atoms with Gasteiger partial charge in [0.1, 0.15) is 0 Å². The van der Waals surface area contributed by atoms with E-state index in [4.69, 9.17) is 0 Å². The maximum Gasteiger partial charge on any atom is 0.258 e. The number of anilines is 1. The number of hydrogen-bond donors (Lipinski definition) is 2. The van der Waals surface area contributed by atoms with E-state index in [0.29, 0.717) is 23.2 Å². The fourth-order valence-electron chi connectivity index (χ4n) is 6.51. The van der Waals surface area contributed by atoms with Crippen molar-refractivity contribution in [1.29, 1.82) is 0 Å². The third-order valence-corrected chi connectivity index (χ3v) is 8.73. The maximum atomic E-state index is 13.5. The molecule has 3 aromatic heterocycles. The Balaban J connectivity index is 1.39. The van der Waals surface area contributed by atoms with Gasteiger partial charge in [0.15, 0.2) is 5.13 Å². The lowest BCUT2D eigenvalue weighted by atomic mass is 9.88. The Kier molecular flexibility index (Phi) is 5.99. The molecule has 0 bridgehead atoms. The highest BCUT2D eigenvalue weighted by Gasteiger charge is 2.56. The molecule has 3 aliphatic rings. The molecule has 35 heavy (non-hydrogen) atoms. The van der Waals surface area contributed by atoms with Gasteiger partial charge in [0.2, 0.25) is 5.91 Å². The molecular weight excluding hydrogens is 462 g/mol. The number of amides is 1. The van der Waals surface area contributed by atoms with Gasteiger partial charge in [-0.3, -0.25) is 19.5 Å². The van der Waals surface area contributed by atoms with E-state index in [1.54, 1.807) is 18.6 Å². The second-order valence-electron chi connectivity index (χ2n) is 9.90. The van der Waals surface area contributed by atoms with Crippen LogP contribution >= 0.6 is 11.3 Å². The van der Waals surface area contributed by atoms with Crippen LogP contribution in [0.3, 0.4) is 0 Å². The summed E-state index contributed by atoms with van der Waals surface area (Å²) < 4.78 is 1.86. The zero-order valence-electron chi connectivity index (χ0n) is 19.4. The van der Waals surface area contributed by atoms with Crippen molar-refractivity contribution in [3.8, 4) is 11.1 Å². The maximum absolute atomic E-state index is 13.5. The summed E-state index contributed by atoms with van der Waals surface area (Å²) in [6.45, 7) is 1.20. The van der Waals surface area contributed by atoms with Gasteiger partial charge in [0.25, 0.3) is 5.56 Å². The number of nitrogens with one attached hydrogen (secondary N) is 1. The number of likely N-dealkylation sites (tertiary alicyclic amines) is 1. The second-order valence-corrected chi connectivity index (χ2v) is 10.8. The van der Waals surface area contributed by atoms with E-state index in [-0.39, 0.29) is 36.0 Å². The van der Waals surface area contributed by atoms with Crippen molar-refractivity contribution < 1.29 is 9.90 Å². The quantitative estimate of drug-likeness (QED) is 0.550. The predicted octanol–water partition coefficient (Wildman–Crippen LogP) is 3.16. The first kappa shape index (κ1) is 22.6. The van der Waals surface area contributed by atoms with Gasteiger partial charge in [0, 0.05) is 72.3 Å². The molecule has 3 aromatic rings. The predicted molar refractivity (Wildman–Crippen MR) is 134 cm³/mol. The Labute approximate surface area is 207 Å². The lowest BCUT2D eigenvalue weighted by Gasteiger charge is -2.32. The molecule has 6 rings (SSSR count). The number of aromatic nitrogens is 3. The molecule has 2 N–H and O–H groups in total. The Hall–Kier alpha value is -2.88. The monoisotopic (exact) mass is 491 g/mol. The van der Waals surface area contributed by atoms with Crippen molar-refractivity contribution in [2.75, 3.05) is 18.5 Å². The van der Waals surface area contributed by atoms with Crippen LogP contribution in [0.25, 0.3) is 11.1 Å². The molecule has 5 heterocycles. The summed E-state index contributed by atoms with van der Waals surface area (Å²) >= 11 is 1.39. The highest BCUT2D eigenvalue weighted by atomic mass is 32.1. The molecular formula is C26H29N5O3S. The Morgan fingerprint density at radius 2 is 2.06 bits per heavy atom. The first-order valence-corrected chi connectivity index (χ1v) is 13.2. The van der Waals surface area contributed by atoms with E-state index < -0.39 is 6.04 Å². The molecule has 4 atom stereocenters. The van der Waals surface area contributed by atoms with Crippen molar-refractivity contribution in [3.05, 3.63) is 64.3 Å². The minimum atomic E-state index is -0.457. The van der Waals surface area contributed by atoms with Gasteiger partial charge in [0.05, 0.1) is 12.1 Å². The van der Waals surface area contributed by atoms with Crippen LogP contribution in [0.1, 0.15) is 37.4 Å². The summed E-state index contributed by atoms with van der Waals surface area (Å²) in [4.78, 5) is 37.7. The summed E-state index contributed by atoms with van der Waals surface area (Å²) in [5, 5.41) is 15.9. The van der Waals surface area contributed by atoms with E-state index in [9.17, 15) is 14.7 Å². The highest BCUT2D eigenvalue weighted by Crippen LogP contribution is 2.50. The van der Waals surface area contributed by atoms with Crippen LogP contribution in [0.4, 0.5) is 5.13 Å². The van der Waals surface area contributed by atoms with Crippen molar-refractivity contribution in [2.45, 2.75) is 44.3 Å². The van der Waals surface area contributed by atoms with Crippen LogP contribution < -0.4 is 10.9 Å². The van der Waals surface area contributed by atoms with Gasteiger partial charge < -0.3 is 15.0 Å². The summed E-state index contributed by atoms with van der Waals surface area (Å²) in [6.07, 6.45) is 9.83. The van der Waals surface area contributed by atoms with Gasteiger partial charge in [-0.2, -0.15) is 0 Å². The van der Waals surface area contributed by atoms with E-state index in [0.717, 1.165) is 30.6 Å². The average molecular weight is 492 g/mol. The standard InChI is InChI=1S/C26H29N5O3S/c32-15-20-19-14-30-21(8-7-18(25(30)34)17-6-3-9-27-12-17)22(19)31(13-16-4-1-2-5-16)23(20)24(33)29-26-28-10-11-35-26/h3,6-12,16,19-20,22-23,32H,1-2,4-5,13-15H2,(H,28,29,33)/t19-,20-,22+,23-/m1/s1. The Morgan fingerprint density at radius 3 is 2.77 bits per heavy atom. The number of carbonyl (C=O) groups is 1. The third-order valence-electron chi connectivity index (χ3n) is 8.04. The minimum Gasteiger partial charge on any atom is -0.396 e. The lowest BCUT2D eigenvalue weighted by Crippen LogP contribution is -2.47. The summed E-state index contributed by atoms with van der Waals surface area (Å²) in [5.41, 5.74) is 2.33. The Bertz CT molecular complexity index is 1260. The number of hydrogen-bond acceptors (Lipinski definition) is 7. The number of fused-ring (bicyclic) bond motifs is 3. The number of aliphatic hydroxyl groups is 1. The SMILES string of the molecule is O=C(Nc1nccs1)[C@H]1[C@H](CO)[C@H]2Cn3c(ccc(-c4cccnc4)c3=O)[C@H]2N1CC1CCCC1. The highest BCUT2D eigenvalue weighted by molar-refractivity contribution is 7.13. The van der Waals surface area contributed by atoms with Gasteiger partial charge in [-0.1, -0.05) is 18.9 Å². The molecule has 2 aliphatic heterocycles. The first-order valence-electron chi connectivity index (χ1n) is 12.4. The van der Waals surface area contributed by atoms with Crippen LogP contribution in [-0.2, 0) is 11.3 Å². The average Bonchev–Trinajstić information content (AvgIpc) is 3.66. The number of rotatable bonds is 6. The molecule has 0 radical (unpaired) electrons. The zero-order chi connectivity index (χ0) is 23.9. The van der Waals surface area contributed by atoms with Crippen LogP contribution in [0, 0.1) is 17.8 Å².